The van der Waals surface area contributed by atoms with Gasteiger partial charge < -0.3 is 9.47 Å². The van der Waals surface area contributed by atoms with E-state index >= 15 is 0 Å². The predicted molar refractivity (Wildman–Crippen MR) is 106 cm³/mol. The molecule has 4 heteroatoms. The minimum absolute atomic E-state index is 0.0890. The Labute approximate surface area is 163 Å². The Bertz CT molecular complexity index is 728. The molecule has 2 bridgehead atoms. The van der Waals surface area contributed by atoms with E-state index in [0.29, 0.717) is 18.6 Å². The molecule has 1 saturated heterocycles. The first kappa shape index (κ1) is 18.8. The van der Waals surface area contributed by atoms with Gasteiger partial charge in [0.05, 0.1) is 13.7 Å². The summed E-state index contributed by atoms with van der Waals surface area (Å²) in [7, 11) is 1.76. The quantitative estimate of drug-likeness (QED) is 0.747. The van der Waals surface area contributed by atoms with Crippen LogP contribution in [0.15, 0.2) is 18.2 Å². The molecule has 1 aromatic rings. The first-order valence-electron chi connectivity index (χ1n) is 10.6. The highest BCUT2D eigenvalue weighted by Gasteiger charge is 2.57. The van der Waals surface area contributed by atoms with Crippen molar-refractivity contribution in [1.82, 2.24) is 4.90 Å². The van der Waals surface area contributed by atoms with Crippen molar-refractivity contribution in [3.63, 3.8) is 0 Å². The number of fused-ring (bicyclic) bond motifs is 1. The summed E-state index contributed by atoms with van der Waals surface area (Å²) in [5, 5.41) is 0. The van der Waals surface area contributed by atoms with Gasteiger partial charge in [0.15, 0.2) is 0 Å². The summed E-state index contributed by atoms with van der Waals surface area (Å²) in [6, 6.07) is 7.07. The van der Waals surface area contributed by atoms with Gasteiger partial charge >= 0.3 is 5.97 Å². The zero-order valence-electron chi connectivity index (χ0n) is 17.2. The van der Waals surface area contributed by atoms with Crippen LogP contribution < -0.4 is 4.74 Å². The van der Waals surface area contributed by atoms with Gasteiger partial charge in [0.1, 0.15) is 11.3 Å². The number of carbonyl (C=O) groups is 1. The maximum absolute atomic E-state index is 12.7. The number of piperidine rings is 1. The molecule has 0 amide bonds. The van der Waals surface area contributed by atoms with Crippen LogP contribution in [0, 0.1) is 5.92 Å². The molecule has 148 valence electrons. The van der Waals surface area contributed by atoms with Gasteiger partial charge in [-0.05, 0) is 75.6 Å². The van der Waals surface area contributed by atoms with E-state index in [1.54, 1.807) is 7.11 Å². The van der Waals surface area contributed by atoms with Crippen LogP contribution in [0.3, 0.4) is 0 Å². The summed E-state index contributed by atoms with van der Waals surface area (Å²) in [4.78, 5) is 15.2. The van der Waals surface area contributed by atoms with Gasteiger partial charge in [-0.1, -0.05) is 18.9 Å². The number of carbonyl (C=O) groups excluding carboxylic acids is 1. The number of nitrogens with zero attached hydrogens (tertiary/aromatic N) is 1. The molecule has 0 unspecified atom stereocenters. The van der Waals surface area contributed by atoms with Crippen LogP contribution in [0.25, 0.3) is 0 Å². The Hall–Kier alpha value is -1.55. The maximum Gasteiger partial charge on any atom is 0.325 e. The molecule has 1 aromatic carbocycles. The molecule has 0 radical (unpaired) electrons. The lowest BCUT2D eigenvalue weighted by molar-refractivity contribution is -0.163. The van der Waals surface area contributed by atoms with E-state index < -0.39 is 5.54 Å². The van der Waals surface area contributed by atoms with Crippen LogP contribution in [-0.4, -0.2) is 42.7 Å². The monoisotopic (exact) mass is 371 g/mol. The molecule has 2 fully saturated rings. The van der Waals surface area contributed by atoms with Crippen molar-refractivity contribution in [3.05, 3.63) is 29.3 Å². The van der Waals surface area contributed by atoms with Crippen LogP contribution in [0.1, 0.15) is 64.0 Å². The fourth-order valence-electron chi connectivity index (χ4n) is 6.23. The number of ether oxygens (including phenoxy) is 2. The summed E-state index contributed by atoms with van der Waals surface area (Å²) in [6.45, 7) is 7.38. The number of rotatable bonds is 4. The van der Waals surface area contributed by atoms with E-state index in [2.05, 4.69) is 23.1 Å². The van der Waals surface area contributed by atoms with Crippen molar-refractivity contribution < 1.29 is 14.3 Å². The normalized spacial score (nSPS) is 30.2. The lowest BCUT2D eigenvalue weighted by atomic mass is 9.52. The molecule has 0 N–H and O–H groups in total. The standard InChI is InChI=1S/C23H33NO3/c1-5-27-21(25)22(2,3)24-13-12-23-11-7-6-8-18(23)20(24)14-16-9-10-17(26-4)15-19(16)23/h9-10,15,18,20H,5-8,11-14H2,1-4H3/t18-,20+,23+/m0/s1. The van der Waals surface area contributed by atoms with Gasteiger partial charge in [-0.2, -0.15) is 0 Å². The summed E-state index contributed by atoms with van der Waals surface area (Å²) in [5.41, 5.74) is 2.65. The van der Waals surface area contributed by atoms with Crippen LogP contribution in [0.2, 0.25) is 0 Å². The third-order valence-corrected chi connectivity index (χ3v) is 7.54. The van der Waals surface area contributed by atoms with Gasteiger partial charge in [-0.15, -0.1) is 0 Å². The van der Waals surface area contributed by atoms with Crippen LogP contribution in [-0.2, 0) is 21.4 Å². The van der Waals surface area contributed by atoms with E-state index in [0.717, 1.165) is 25.1 Å². The van der Waals surface area contributed by atoms with Gasteiger partial charge in [0.25, 0.3) is 0 Å². The van der Waals surface area contributed by atoms with Crippen molar-refractivity contribution in [1.29, 1.82) is 0 Å². The minimum Gasteiger partial charge on any atom is -0.497 e. The third kappa shape index (κ3) is 2.79. The lowest BCUT2D eigenvalue weighted by Gasteiger charge is -2.61. The Morgan fingerprint density at radius 2 is 2.11 bits per heavy atom. The second-order valence-corrected chi connectivity index (χ2v) is 9.03. The van der Waals surface area contributed by atoms with E-state index in [4.69, 9.17) is 9.47 Å². The maximum atomic E-state index is 12.7. The van der Waals surface area contributed by atoms with Crippen LogP contribution in [0.5, 0.6) is 5.75 Å². The number of methoxy groups -OCH3 is 1. The van der Waals surface area contributed by atoms with Crippen molar-refractivity contribution in [2.24, 2.45) is 5.92 Å². The Balaban J connectivity index is 1.76. The highest BCUT2D eigenvalue weighted by Crippen LogP contribution is 2.57. The molecule has 3 atom stereocenters. The van der Waals surface area contributed by atoms with E-state index in [-0.39, 0.29) is 11.4 Å². The molecule has 4 nitrogen and oxygen atoms in total. The molecule has 0 spiro atoms. The first-order valence-corrected chi connectivity index (χ1v) is 10.6. The average Bonchev–Trinajstić information content (AvgIpc) is 2.67. The minimum atomic E-state index is -0.575. The highest BCUT2D eigenvalue weighted by molar-refractivity contribution is 5.80. The highest BCUT2D eigenvalue weighted by atomic mass is 16.5. The summed E-state index contributed by atoms with van der Waals surface area (Å²) in [5.74, 6) is 1.50. The van der Waals surface area contributed by atoms with Crippen LogP contribution >= 0.6 is 0 Å². The Morgan fingerprint density at radius 3 is 2.85 bits per heavy atom. The molecule has 4 rings (SSSR count). The van der Waals surface area contributed by atoms with Crippen molar-refractivity contribution in [3.8, 4) is 5.75 Å². The van der Waals surface area contributed by atoms with Gasteiger partial charge in [-0.3, -0.25) is 9.69 Å². The smallest absolute Gasteiger partial charge is 0.325 e. The summed E-state index contributed by atoms with van der Waals surface area (Å²) in [6.07, 6.45) is 7.28. The fourth-order valence-corrected chi connectivity index (χ4v) is 6.23. The zero-order chi connectivity index (χ0) is 19.2. The fraction of sp³-hybridized carbons (Fsp3) is 0.696. The van der Waals surface area contributed by atoms with E-state index in [1.807, 2.05) is 20.8 Å². The SMILES string of the molecule is CCOC(=O)C(C)(C)N1CC[C@]23CCCC[C@H]2[C@H]1Cc1ccc(OC)cc13. The predicted octanol–water partition coefficient (Wildman–Crippen LogP) is 4.10. The summed E-state index contributed by atoms with van der Waals surface area (Å²) < 4.78 is 11.0. The molecular formula is C23H33NO3. The number of hydrogen-bond acceptors (Lipinski definition) is 4. The topological polar surface area (TPSA) is 38.8 Å². The molecule has 1 aliphatic heterocycles. The van der Waals surface area contributed by atoms with Gasteiger partial charge in [-0.25, -0.2) is 0 Å². The second-order valence-electron chi connectivity index (χ2n) is 9.03. The van der Waals surface area contributed by atoms with Crippen molar-refractivity contribution in [2.75, 3.05) is 20.3 Å². The lowest BCUT2D eigenvalue weighted by Crippen LogP contribution is -2.67. The van der Waals surface area contributed by atoms with Crippen LogP contribution in [0.4, 0.5) is 0 Å². The number of likely N-dealkylation sites (tertiary alicyclic amines) is 1. The second kappa shape index (κ2) is 6.80. The molecule has 27 heavy (non-hydrogen) atoms. The first-order chi connectivity index (χ1) is 12.9. The van der Waals surface area contributed by atoms with Crippen molar-refractivity contribution in [2.45, 2.75) is 76.3 Å². The summed E-state index contributed by atoms with van der Waals surface area (Å²) >= 11 is 0. The number of hydrogen-bond donors (Lipinski definition) is 0. The van der Waals surface area contributed by atoms with Gasteiger partial charge in [0, 0.05) is 18.0 Å². The Morgan fingerprint density at radius 1 is 1.30 bits per heavy atom. The third-order valence-electron chi connectivity index (χ3n) is 7.54. The van der Waals surface area contributed by atoms with Gasteiger partial charge in [0.2, 0.25) is 0 Å². The molecule has 1 saturated carbocycles. The van der Waals surface area contributed by atoms with E-state index in [1.165, 1.54) is 36.8 Å². The number of benzene rings is 1. The molecular weight excluding hydrogens is 338 g/mol. The van der Waals surface area contributed by atoms with E-state index in [9.17, 15) is 4.79 Å². The number of esters is 1. The average molecular weight is 372 g/mol. The zero-order valence-corrected chi connectivity index (χ0v) is 17.2. The Kier molecular flexibility index (Phi) is 4.74. The molecule has 0 aromatic heterocycles. The molecule has 1 heterocycles. The largest absolute Gasteiger partial charge is 0.497 e. The molecule has 2 aliphatic carbocycles. The molecule has 3 aliphatic rings. The van der Waals surface area contributed by atoms with Crippen molar-refractivity contribution >= 4 is 5.97 Å².